The van der Waals surface area contributed by atoms with Crippen molar-refractivity contribution in [1.82, 2.24) is 10.1 Å². The molecule has 7 heteroatoms. The summed E-state index contributed by atoms with van der Waals surface area (Å²) in [5.41, 5.74) is 0.388. The van der Waals surface area contributed by atoms with E-state index in [1.807, 2.05) is 0 Å². The van der Waals surface area contributed by atoms with Gasteiger partial charge in [0.2, 0.25) is 5.82 Å². The highest BCUT2D eigenvalue weighted by atomic mass is 79.9. The van der Waals surface area contributed by atoms with Gasteiger partial charge in [-0.15, -0.1) is 0 Å². The summed E-state index contributed by atoms with van der Waals surface area (Å²) < 4.78 is 10.9. The molecule has 0 fully saturated rings. The predicted octanol–water partition coefficient (Wildman–Crippen LogP) is 3.33. The lowest BCUT2D eigenvalue weighted by molar-refractivity contribution is 0.0635. The smallest absolute Gasteiger partial charge is 0.413 e. The fourth-order valence-corrected chi connectivity index (χ4v) is 1.60. The molecule has 0 saturated carbocycles. The van der Waals surface area contributed by atoms with Crippen molar-refractivity contribution < 1.29 is 14.1 Å². The summed E-state index contributed by atoms with van der Waals surface area (Å²) in [6, 6.07) is 1.72. The van der Waals surface area contributed by atoms with Crippen LogP contribution in [0.3, 0.4) is 0 Å². The predicted molar refractivity (Wildman–Crippen MR) is 69.4 cm³/mol. The number of pyridine rings is 1. The van der Waals surface area contributed by atoms with Crippen LogP contribution in [0.1, 0.15) is 20.8 Å². The van der Waals surface area contributed by atoms with Crippen molar-refractivity contribution in [3.05, 3.63) is 16.7 Å². The van der Waals surface area contributed by atoms with E-state index >= 15 is 0 Å². The Morgan fingerprint density at radius 2 is 2.22 bits per heavy atom. The zero-order chi connectivity index (χ0) is 13.3. The van der Waals surface area contributed by atoms with Crippen LogP contribution in [0.15, 0.2) is 21.3 Å². The van der Waals surface area contributed by atoms with E-state index in [2.05, 4.69) is 31.4 Å². The molecule has 0 aromatic carbocycles. The lowest BCUT2D eigenvalue weighted by Gasteiger charge is -2.18. The third-order valence-corrected chi connectivity index (χ3v) is 2.33. The first kappa shape index (κ1) is 12.8. The molecule has 0 radical (unpaired) electrons. The van der Waals surface area contributed by atoms with Crippen LogP contribution in [0, 0.1) is 0 Å². The van der Waals surface area contributed by atoms with Gasteiger partial charge in [-0.05, 0) is 36.7 Å². The number of rotatable bonds is 1. The van der Waals surface area contributed by atoms with Gasteiger partial charge >= 0.3 is 6.09 Å². The van der Waals surface area contributed by atoms with Crippen LogP contribution in [0.4, 0.5) is 10.6 Å². The van der Waals surface area contributed by atoms with Gasteiger partial charge in [0, 0.05) is 16.7 Å². The third kappa shape index (κ3) is 2.98. The number of anilines is 1. The number of nitrogens with one attached hydrogen (secondary N) is 1. The van der Waals surface area contributed by atoms with Crippen LogP contribution in [0.2, 0.25) is 0 Å². The number of hydrogen-bond acceptors (Lipinski definition) is 5. The summed E-state index contributed by atoms with van der Waals surface area (Å²) >= 11 is 3.27. The van der Waals surface area contributed by atoms with Crippen LogP contribution in [-0.2, 0) is 4.74 Å². The van der Waals surface area contributed by atoms with E-state index in [1.54, 1.807) is 33.0 Å². The Morgan fingerprint density at radius 1 is 1.50 bits per heavy atom. The molecule has 0 spiro atoms. The van der Waals surface area contributed by atoms with E-state index in [-0.39, 0.29) is 5.82 Å². The summed E-state index contributed by atoms with van der Waals surface area (Å²) in [6.45, 7) is 5.34. The molecule has 0 unspecified atom stereocenters. The molecule has 2 rings (SSSR count). The molecule has 1 N–H and O–H groups in total. The normalized spacial score (nSPS) is 11.6. The van der Waals surface area contributed by atoms with E-state index in [9.17, 15) is 4.79 Å². The minimum atomic E-state index is -0.595. The molecular weight excluding hydrogens is 302 g/mol. The zero-order valence-corrected chi connectivity index (χ0v) is 11.7. The Kier molecular flexibility index (Phi) is 3.25. The number of hydrogen-bond donors (Lipinski definition) is 1. The number of ether oxygens (including phenoxy) is 1. The van der Waals surface area contributed by atoms with Crippen LogP contribution in [-0.4, -0.2) is 21.8 Å². The highest BCUT2D eigenvalue weighted by Crippen LogP contribution is 2.23. The maximum absolute atomic E-state index is 11.6. The Hall–Kier alpha value is -1.63. The van der Waals surface area contributed by atoms with Gasteiger partial charge in [-0.1, -0.05) is 5.16 Å². The van der Waals surface area contributed by atoms with Gasteiger partial charge in [0.05, 0.1) is 0 Å². The average molecular weight is 314 g/mol. The summed E-state index contributed by atoms with van der Waals surface area (Å²) in [5, 5.41) is 6.23. The lowest BCUT2D eigenvalue weighted by Crippen LogP contribution is -2.27. The van der Waals surface area contributed by atoms with Crippen LogP contribution in [0.25, 0.3) is 11.1 Å². The van der Waals surface area contributed by atoms with Crippen molar-refractivity contribution in [3.63, 3.8) is 0 Å². The quantitative estimate of drug-likeness (QED) is 0.873. The fraction of sp³-hybridized carbons (Fsp3) is 0.364. The molecule has 0 aliphatic heterocycles. The van der Waals surface area contributed by atoms with E-state index in [0.717, 1.165) is 4.47 Å². The van der Waals surface area contributed by atoms with E-state index in [1.165, 1.54) is 0 Å². The Labute approximate surface area is 112 Å². The Balaban J connectivity index is 2.20. The standard InChI is InChI=1S/C11H12BrN3O3/c1-11(2,3)17-10(16)14-9-8-7(18-15-9)4-6(12)5-13-8/h4-5H,1-3H3,(H,14,15,16). The van der Waals surface area contributed by atoms with Gasteiger partial charge in [0.15, 0.2) is 11.1 Å². The first-order chi connectivity index (χ1) is 8.35. The molecule has 0 bridgehead atoms. The minimum Gasteiger partial charge on any atom is -0.444 e. The monoisotopic (exact) mass is 313 g/mol. The molecule has 1 amide bonds. The van der Waals surface area contributed by atoms with Gasteiger partial charge in [0.1, 0.15) is 5.60 Å². The van der Waals surface area contributed by atoms with Crippen molar-refractivity contribution in [2.45, 2.75) is 26.4 Å². The van der Waals surface area contributed by atoms with Crippen LogP contribution >= 0.6 is 15.9 Å². The van der Waals surface area contributed by atoms with Crippen molar-refractivity contribution in [2.75, 3.05) is 5.32 Å². The van der Waals surface area contributed by atoms with Gasteiger partial charge in [-0.3, -0.25) is 5.32 Å². The van der Waals surface area contributed by atoms with E-state index < -0.39 is 11.7 Å². The highest BCUT2D eigenvalue weighted by molar-refractivity contribution is 9.10. The van der Waals surface area contributed by atoms with Crippen molar-refractivity contribution in [1.29, 1.82) is 0 Å². The molecule has 96 valence electrons. The largest absolute Gasteiger partial charge is 0.444 e. The second-order valence-electron chi connectivity index (χ2n) is 4.66. The number of aromatic nitrogens is 2. The Morgan fingerprint density at radius 3 is 2.89 bits per heavy atom. The summed E-state index contributed by atoms with van der Waals surface area (Å²) in [4.78, 5) is 15.7. The molecule has 0 aliphatic rings. The topological polar surface area (TPSA) is 77.2 Å². The van der Waals surface area contributed by atoms with Gasteiger partial charge < -0.3 is 9.26 Å². The minimum absolute atomic E-state index is 0.242. The first-order valence-corrected chi connectivity index (χ1v) is 6.05. The summed E-state index contributed by atoms with van der Waals surface area (Å²) in [7, 11) is 0. The molecule has 0 aliphatic carbocycles. The first-order valence-electron chi connectivity index (χ1n) is 5.26. The molecule has 2 aromatic heterocycles. The van der Waals surface area contributed by atoms with Crippen LogP contribution < -0.4 is 5.32 Å². The third-order valence-electron chi connectivity index (χ3n) is 1.90. The van der Waals surface area contributed by atoms with Gasteiger partial charge in [-0.2, -0.15) is 0 Å². The second kappa shape index (κ2) is 4.56. The number of nitrogens with zero attached hydrogens (tertiary/aromatic N) is 2. The molecule has 6 nitrogen and oxygen atoms in total. The van der Waals surface area contributed by atoms with Crippen molar-refractivity contribution in [3.8, 4) is 0 Å². The maximum Gasteiger partial charge on any atom is 0.413 e. The molecular formula is C11H12BrN3O3. The lowest BCUT2D eigenvalue weighted by atomic mass is 10.2. The summed E-state index contributed by atoms with van der Waals surface area (Å²) in [6.07, 6.45) is 1.00. The Bertz CT molecular complexity index is 589. The number of halogens is 1. The number of amides is 1. The number of carbonyl (C=O) groups excluding carboxylic acids is 1. The van der Waals surface area contributed by atoms with E-state index in [4.69, 9.17) is 9.26 Å². The van der Waals surface area contributed by atoms with Crippen molar-refractivity contribution in [2.24, 2.45) is 0 Å². The molecule has 0 saturated heterocycles. The second-order valence-corrected chi connectivity index (χ2v) is 5.57. The fourth-order valence-electron chi connectivity index (χ4n) is 1.29. The molecule has 18 heavy (non-hydrogen) atoms. The van der Waals surface area contributed by atoms with Crippen LogP contribution in [0.5, 0.6) is 0 Å². The number of fused-ring (bicyclic) bond motifs is 1. The van der Waals surface area contributed by atoms with Crippen molar-refractivity contribution >= 4 is 38.9 Å². The molecule has 2 heterocycles. The average Bonchev–Trinajstić information content (AvgIpc) is 2.57. The van der Waals surface area contributed by atoms with Gasteiger partial charge in [-0.25, -0.2) is 9.78 Å². The SMILES string of the molecule is CC(C)(C)OC(=O)Nc1noc2cc(Br)cnc12. The zero-order valence-electron chi connectivity index (χ0n) is 10.2. The maximum atomic E-state index is 11.6. The molecule has 0 atom stereocenters. The molecule has 2 aromatic rings. The van der Waals surface area contributed by atoms with E-state index in [0.29, 0.717) is 11.1 Å². The number of carbonyl (C=O) groups is 1. The summed E-state index contributed by atoms with van der Waals surface area (Å²) in [5.74, 6) is 0.242. The highest BCUT2D eigenvalue weighted by Gasteiger charge is 2.19. The van der Waals surface area contributed by atoms with Gasteiger partial charge in [0.25, 0.3) is 0 Å².